The fourth-order valence-corrected chi connectivity index (χ4v) is 1.64. The number of amides is 1. The molecule has 0 fully saturated rings. The van der Waals surface area contributed by atoms with Crippen LogP contribution in [0.1, 0.15) is 20.3 Å². The van der Waals surface area contributed by atoms with Crippen LogP contribution in [0.4, 0.5) is 5.69 Å². The molecule has 1 rings (SSSR count). The number of rotatable bonds is 4. The molecule has 1 aromatic rings. The summed E-state index contributed by atoms with van der Waals surface area (Å²) in [6.45, 7) is 3.48. The Morgan fingerprint density at radius 2 is 2.06 bits per heavy atom. The third-order valence-corrected chi connectivity index (χ3v) is 3.55. The standard InChI is InChI=1S/C13H16N2OS/c1-4-13(2,9-14)12(16)15-10-5-7-11(17-3)8-6-10/h5-8H,4H2,1-3H3,(H,15,16). The Hall–Kier alpha value is -1.47. The van der Waals surface area contributed by atoms with Crippen LogP contribution in [0.15, 0.2) is 29.2 Å². The van der Waals surface area contributed by atoms with E-state index in [4.69, 9.17) is 5.26 Å². The summed E-state index contributed by atoms with van der Waals surface area (Å²) in [5.74, 6) is -0.251. The predicted molar refractivity (Wildman–Crippen MR) is 70.9 cm³/mol. The third kappa shape index (κ3) is 3.24. The number of nitrogens with one attached hydrogen (secondary N) is 1. The minimum atomic E-state index is -0.960. The minimum absolute atomic E-state index is 0.251. The highest BCUT2D eigenvalue weighted by Crippen LogP contribution is 2.23. The maximum Gasteiger partial charge on any atom is 0.244 e. The smallest absolute Gasteiger partial charge is 0.244 e. The Kier molecular flexibility index (Phi) is 4.59. The Morgan fingerprint density at radius 3 is 2.47 bits per heavy atom. The summed E-state index contributed by atoms with van der Waals surface area (Å²) in [5, 5.41) is 11.8. The van der Waals surface area contributed by atoms with Gasteiger partial charge in [0.05, 0.1) is 6.07 Å². The van der Waals surface area contributed by atoms with E-state index in [0.29, 0.717) is 6.42 Å². The van der Waals surface area contributed by atoms with Gasteiger partial charge in [-0.15, -0.1) is 11.8 Å². The largest absolute Gasteiger partial charge is 0.325 e. The van der Waals surface area contributed by atoms with Crippen LogP contribution in [0.5, 0.6) is 0 Å². The zero-order valence-corrected chi connectivity index (χ0v) is 11.1. The molecule has 0 saturated heterocycles. The van der Waals surface area contributed by atoms with Gasteiger partial charge in [-0.25, -0.2) is 0 Å². The van der Waals surface area contributed by atoms with Gasteiger partial charge in [-0.3, -0.25) is 4.79 Å². The van der Waals surface area contributed by atoms with Crippen molar-refractivity contribution in [2.75, 3.05) is 11.6 Å². The lowest BCUT2D eigenvalue weighted by Gasteiger charge is -2.18. The van der Waals surface area contributed by atoms with E-state index >= 15 is 0 Å². The van der Waals surface area contributed by atoms with E-state index in [1.807, 2.05) is 37.4 Å². The van der Waals surface area contributed by atoms with E-state index in [0.717, 1.165) is 10.6 Å². The van der Waals surface area contributed by atoms with Crippen molar-refractivity contribution in [2.45, 2.75) is 25.2 Å². The molecule has 1 N–H and O–H groups in total. The maximum atomic E-state index is 11.9. The van der Waals surface area contributed by atoms with E-state index in [1.165, 1.54) is 0 Å². The summed E-state index contributed by atoms with van der Waals surface area (Å²) >= 11 is 1.65. The van der Waals surface area contributed by atoms with Gasteiger partial charge in [-0.1, -0.05) is 6.92 Å². The highest BCUT2D eigenvalue weighted by atomic mass is 32.2. The van der Waals surface area contributed by atoms with Gasteiger partial charge in [0.25, 0.3) is 0 Å². The number of thioether (sulfide) groups is 1. The maximum absolute atomic E-state index is 11.9. The van der Waals surface area contributed by atoms with E-state index in [1.54, 1.807) is 18.7 Å². The normalized spacial score (nSPS) is 13.5. The number of benzene rings is 1. The van der Waals surface area contributed by atoms with Crippen molar-refractivity contribution in [3.05, 3.63) is 24.3 Å². The van der Waals surface area contributed by atoms with Crippen molar-refractivity contribution in [1.82, 2.24) is 0 Å². The molecule has 0 bridgehead atoms. The highest BCUT2D eigenvalue weighted by Gasteiger charge is 2.31. The molecule has 0 saturated carbocycles. The molecule has 1 aromatic carbocycles. The van der Waals surface area contributed by atoms with Gasteiger partial charge >= 0.3 is 0 Å². The topological polar surface area (TPSA) is 52.9 Å². The zero-order chi connectivity index (χ0) is 12.9. The SMILES string of the molecule is CCC(C)(C#N)C(=O)Nc1ccc(SC)cc1. The fourth-order valence-electron chi connectivity index (χ4n) is 1.23. The van der Waals surface area contributed by atoms with E-state index in [-0.39, 0.29) is 5.91 Å². The van der Waals surface area contributed by atoms with Crippen molar-refractivity contribution in [3.63, 3.8) is 0 Å². The predicted octanol–water partition coefficient (Wildman–Crippen LogP) is 3.29. The first-order valence-electron chi connectivity index (χ1n) is 5.42. The number of nitrogens with zero attached hydrogens (tertiary/aromatic N) is 1. The van der Waals surface area contributed by atoms with Gasteiger partial charge in [0.15, 0.2) is 0 Å². The molecular formula is C13H16N2OS. The lowest BCUT2D eigenvalue weighted by atomic mass is 9.88. The van der Waals surface area contributed by atoms with Crippen molar-refractivity contribution < 1.29 is 4.79 Å². The van der Waals surface area contributed by atoms with E-state index in [2.05, 4.69) is 11.4 Å². The van der Waals surface area contributed by atoms with Crippen LogP contribution in [0.3, 0.4) is 0 Å². The average molecular weight is 248 g/mol. The van der Waals surface area contributed by atoms with Crippen molar-refractivity contribution in [2.24, 2.45) is 5.41 Å². The number of hydrogen-bond donors (Lipinski definition) is 1. The van der Waals surface area contributed by atoms with Gasteiger partial charge < -0.3 is 5.32 Å². The molecule has 0 radical (unpaired) electrons. The number of carbonyl (C=O) groups is 1. The summed E-state index contributed by atoms with van der Waals surface area (Å²) in [5.41, 5.74) is -0.235. The van der Waals surface area contributed by atoms with Crippen LogP contribution < -0.4 is 5.32 Å². The molecule has 0 spiro atoms. The van der Waals surface area contributed by atoms with Crippen molar-refractivity contribution in [3.8, 4) is 6.07 Å². The van der Waals surface area contributed by atoms with Crippen LogP contribution in [-0.4, -0.2) is 12.2 Å². The molecule has 1 unspecified atom stereocenters. The first-order valence-corrected chi connectivity index (χ1v) is 6.65. The molecule has 0 aliphatic carbocycles. The molecular weight excluding hydrogens is 232 g/mol. The molecule has 0 aromatic heterocycles. The second-order valence-electron chi connectivity index (χ2n) is 3.98. The molecule has 17 heavy (non-hydrogen) atoms. The second kappa shape index (κ2) is 5.74. The summed E-state index contributed by atoms with van der Waals surface area (Å²) in [6, 6.07) is 9.62. The Labute approximate surface area is 106 Å². The van der Waals surface area contributed by atoms with Crippen LogP contribution in [0, 0.1) is 16.7 Å². The monoisotopic (exact) mass is 248 g/mol. The first-order chi connectivity index (χ1) is 8.05. The molecule has 3 nitrogen and oxygen atoms in total. The number of nitriles is 1. The quantitative estimate of drug-likeness (QED) is 0.832. The van der Waals surface area contributed by atoms with Gasteiger partial charge in [0.1, 0.15) is 5.41 Å². The molecule has 4 heteroatoms. The molecule has 0 aliphatic heterocycles. The number of anilines is 1. The molecule has 1 amide bonds. The van der Waals surface area contributed by atoms with Crippen LogP contribution in [-0.2, 0) is 4.79 Å². The fraction of sp³-hybridized carbons (Fsp3) is 0.385. The summed E-state index contributed by atoms with van der Waals surface area (Å²) < 4.78 is 0. The summed E-state index contributed by atoms with van der Waals surface area (Å²) in [7, 11) is 0. The highest BCUT2D eigenvalue weighted by molar-refractivity contribution is 7.98. The van der Waals surface area contributed by atoms with Gasteiger partial charge in [0, 0.05) is 10.6 Å². The average Bonchev–Trinajstić information content (AvgIpc) is 2.38. The molecule has 0 heterocycles. The van der Waals surface area contributed by atoms with Crippen molar-refractivity contribution >= 4 is 23.4 Å². The summed E-state index contributed by atoms with van der Waals surface area (Å²) in [4.78, 5) is 13.1. The van der Waals surface area contributed by atoms with Crippen LogP contribution in [0.2, 0.25) is 0 Å². The van der Waals surface area contributed by atoms with Crippen LogP contribution >= 0.6 is 11.8 Å². The van der Waals surface area contributed by atoms with Crippen molar-refractivity contribution in [1.29, 1.82) is 5.26 Å². The van der Waals surface area contributed by atoms with Gasteiger partial charge in [0.2, 0.25) is 5.91 Å². The Bertz CT molecular complexity index is 436. The molecule has 0 aliphatic rings. The Balaban J connectivity index is 2.78. The molecule has 90 valence electrons. The van der Waals surface area contributed by atoms with E-state index in [9.17, 15) is 4.79 Å². The van der Waals surface area contributed by atoms with Gasteiger partial charge in [-0.2, -0.15) is 5.26 Å². The second-order valence-corrected chi connectivity index (χ2v) is 4.86. The van der Waals surface area contributed by atoms with E-state index < -0.39 is 5.41 Å². The Morgan fingerprint density at radius 1 is 1.47 bits per heavy atom. The van der Waals surface area contributed by atoms with Crippen LogP contribution in [0.25, 0.3) is 0 Å². The molecule has 1 atom stereocenters. The minimum Gasteiger partial charge on any atom is -0.325 e. The summed E-state index contributed by atoms with van der Waals surface area (Å²) in [6.07, 6.45) is 2.50. The lowest BCUT2D eigenvalue weighted by Crippen LogP contribution is -2.31. The lowest BCUT2D eigenvalue weighted by molar-refractivity contribution is -0.122. The first kappa shape index (κ1) is 13.6. The third-order valence-electron chi connectivity index (χ3n) is 2.80. The number of hydrogen-bond acceptors (Lipinski definition) is 3. The van der Waals surface area contributed by atoms with Gasteiger partial charge in [-0.05, 0) is 43.9 Å². The number of carbonyl (C=O) groups excluding carboxylic acids is 1. The zero-order valence-electron chi connectivity index (χ0n) is 10.3.